The van der Waals surface area contributed by atoms with Crippen LogP contribution in [0.5, 0.6) is 5.75 Å². The Balaban J connectivity index is 1.49. The maximum Gasteiger partial charge on any atom is 0.250 e. The van der Waals surface area contributed by atoms with Crippen LogP contribution in [0.1, 0.15) is 38.2 Å². The molecule has 2 saturated heterocycles. The summed E-state index contributed by atoms with van der Waals surface area (Å²) < 4.78 is 32.7. The minimum atomic E-state index is -2.49. The second-order valence-corrected chi connectivity index (χ2v) is 7.64. The van der Waals surface area contributed by atoms with Crippen molar-refractivity contribution < 1.29 is 13.5 Å². The number of piperidine rings is 2. The van der Waals surface area contributed by atoms with Crippen LogP contribution in [0.2, 0.25) is 0 Å². The van der Waals surface area contributed by atoms with E-state index in [4.69, 9.17) is 4.74 Å². The van der Waals surface area contributed by atoms with Crippen LogP contribution in [-0.2, 0) is 6.54 Å². The van der Waals surface area contributed by atoms with Crippen LogP contribution in [0.15, 0.2) is 24.3 Å². The largest absolute Gasteiger partial charge is 0.492 e. The van der Waals surface area contributed by atoms with E-state index in [-0.39, 0.29) is 12.8 Å². The predicted octanol–water partition coefficient (Wildman–Crippen LogP) is 4.03. The SMILES string of the molecule is CC1CCCN(CCOc2ccccc2CN2CCC(F)(F)CC2)C1. The zero-order valence-corrected chi connectivity index (χ0v) is 15.2. The first-order valence-corrected chi connectivity index (χ1v) is 9.55. The molecule has 2 fully saturated rings. The molecule has 1 aromatic carbocycles. The highest BCUT2D eigenvalue weighted by Crippen LogP contribution is 2.29. The van der Waals surface area contributed by atoms with E-state index in [2.05, 4.69) is 16.7 Å². The van der Waals surface area contributed by atoms with Crippen LogP contribution in [0.3, 0.4) is 0 Å². The van der Waals surface area contributed by atoms with Gasteiger partial charge in [-0.15, -0.1) is 0 Å². The van der Waals surface area contributed by atoms with E-state index in [1.165, 1.54) is 12.8 Å². The first-order valence-electron chi connectivity index (χ1n) is 9.55. The summed E-state index contributed by atoms with van der Waals surface area (Å²) in [5, 5.41) is 0. The molecule has 0 aromatic heterocycles. The monoisotopic (exact) mass is 352 g/mol. The molecule has 0 bridgehead atoms. The van der Waals surface area contributed by atoms with Gasteiger partial charge in [-0.25, -0.2) is 8.78 Å². The average Bonchev–Trinajstić information content (AvgIpc) is 2.58. The number of nitrogens with zero attached hydrogens (tertiary/aromatic N) is 2. The van der Waals surface area contributed by atoms with Gasteiger partial charge in [0.15, 0.2) is 0 Å². The van der Waals surface area contributed by atoms with Crippen LogP contribution in [0, 0.1) is 5.92 Å². The number of halogens is 2. The molecule has 1 atom stereocenters. The third kappa shape index (κ3) is 5.65. The lowest BCUT2D eigenvalue weighted by Gasteiger charge is -2.32. The van der Waals surface area contributed by atoms with E-state index < -0.39 is 5.92 Å². The van der Waals surface area contributed by atoms with Gasteiger partial charge in [0.25, 0.3) is 5.92 Å². The van der Waals surface area contributed by atoms with Crippen molar-refractivity contribution in [3.63, 3.8) is 0 Å². The third-order valence-corrected chi connectivity index (χ3v) is 5.36. The Morgan fingerprint density at radius 1 is 1.12 bits per heavy atom. The van der Waals surface area contributed by atoms with Crippen molar-refractivity contribution in [2.75, 3.05) is 39.3 Å². The van der Waals surface area contributed by atoms with Gasteiger partial charge in [-0.05, 0) is 31.4 Å². The quantitative estimate of drug-likeness (QED) is 0.769. The Kier molecular flexibility index (Phi) is 6.29. The molecule has 0 aliphatic carbocycles. The standard InChI is InChI=1S/C20H30F2N2O/c1-17-5-4-10-23(15-17)13-14-25-19-7-3-2-6-18(19)16-24-11-8-20(21,22)9-12-24/h2-3,6-7,17H,4-5,8-16H2,1H3. The van der Waals surface area contributed by atoms with E-state index in [9.17, 15) is 8.78 Å². The van der Waals surface area contributed by atoms with Crippen LogP contribution in [0.25, 0.3) is 0 Å². The molecular formula is C20H30F2N2O. The Bertz CT molecular complexity index is 542. The normalized spacial score (nSPS) is 25.0. The maximum atomic E-state index is 13.3. The summed E-state index contributed by atoms with van der Waals surface area (Å²) in [6, 6.07) is 8.01. The first-order chi connectivity index (χ1) is 12.0. The lowest BCUT2D eigenvalue weighted by Crippen LogP contribution is -2.39. The number of ether oxygens (including phenoxy) is 1. The van der Waals surface area contributed by atoms with E-state index >= 15 is 0 Å². The lowest BCUT2D eigenvalue weighted by atomic mass is 10.0. The van der Waals surface area contributed by atoms with Gasteiger partial charge in [0.1, 0.15) is 12.4 Å². The van der Waals surface area contributed by atoms with Crippen molar-refractivity contribution in [2.45, 2.75) is 45.1 Å². The molecule has 25 heavy (non-hydrogen) atoms. The third-order valence-electron chi connectivity index (χ3n) is 5.36. The summed E-state index contributed by atoms with van der Waals surface area (Å²) >= 11 is 0. The molecule has 2 aliphatic heterocycles. The molecule has 140 valence electrons. The van der Waals surface area contributed by atoms with Gasteiger partial charge in [-0.1, -0.05) is 25.1 Å². The number of alkyl halides is 2. The molecular weight excluding hydrogens is 322 g/mol. The number of hydrogen-bond acceptors (Lipinski definition) is 3. The summed E-state index contributed by atoms with van der Waals surface area (Å²) in [6.45, 7) is 7.86. The van der Waals surface area contributed by atoms with Crippen molar-refractivity contribution in [3.8, 4) is 5.75 Å². The molecule has 3 nitrogen and oxygen atoms in total. The Morgan fingerprint density at radius 3 is 2.64 bits per heavy atom. The topological polar surface area (TPSA) is 15.7 Å². The highest BCUT2D eigenvalue weighted by Gasteiger charge is 2.34. The number of para-hydroxylation sites is 1. The molecule has 2 aliphatic rings. The van der Waals surface area contributed by atoms with Crippen LogP contribution >= 0.6 is 0 Å². The molecule has 0 radical (unpaired) electrons. The summed E-state index contributed by atoms with van der Waals surface area (Å²) in [6.07, 6.45) is 2.53. The molecule has 0 amide bonds. The lowest BCUT2D eigenvalue weighted by molar-refractivity contribution is -0.0567. The zero-order valence-electron chi connectivity index (χ0n) is 15.2. The van der Waals surface area contributed by atoms with Crippen LogP contribution < -0.4 is 4.74 Å². The molecule has 1 unspecified atom stereocenters. The van der Waals surface area contributed by atoms with Crippen LogP contribution in [-0.4, -0.2) is 55.1 Å². The first kappa shape index (κ1) is 18.6. The van der Waals surface area contributed by atoms with Gasteiger partial charge in [0.2, 0.25) is 0 Å². The van der Waals surface area contributed by atoms with Crippen molar-refractivity contribution in [1.82, 2.24) is 9.80 Å². The molecule has 2 heterocycles. The van der Waals surface area contributed by atoms with Gasteiger partial charge in [-0.3, -0.25) is 9.80 Å². The van der Waals surface area contributed by atoms with E-state index in [1.54, 1.807) is 0 Å². The molecule has 0 N–H and O–H groups in total. The fourth-order valence-corrected chi connectivity index (χ4v) is 3.83. The van der Waals surface area contributed by atoms with E-state index in [0.717, 1.165) is 36.9 Å². The van der Waals surface area contributed by atoms with Crippen LogP contribution in [0.4, 0.5) is 8.78 Å². The van der Waals surface area contributed by atoms with Gasteiger partial charge >= 0.3 is 0 Å². The minimum Gasteiger partial charge on any atom is -0.492 e. The van der Waals surface area contributed by atoms with Gasteiger partial charge < -0.3 is 4.74 Å². The summed E-state index contributed by atoms with van der Waals surface area (Å²) in [7, 11) is 0. The van der Waals surface area contributed by atoms with E-state index in [1.807, 2.05) is 24.3 Å². The second kappa shape index (κ2) is 8.45. The predicted molar refractivity (Wildman–Crippen MR) is 96.2 cm³/mol. The minimum absolute atomic E-state index is 0.0385. The molecule has 0 saturated carbocycles. The van der Waals surface area contributed by atoms with Gasteiger partial charge in [0.05, 0.1) is 0 Å². The summed E-state index contributed by atoms with van der Waals surface area (Å²) in [5.41, 5.74) is 1.10. The van der Waals surface area contributed by atoms with Crippen molar-refractivity contribution >= 4 is 0 Å². The van der Waals surface area contributed by atoms with Crippen molar-refractivity contribution in [3.05, 3.63) is 29.8 Å². The Labute approximate surface area is 149 Å². The molecule has 5 heteroatoms. The summed E-state index contributed by atoms with van der Waals surface area (Å²) in [5.74, 6) is -0.818. The summed E-state index contributed by atoms with van der Waals surface area (Å²) in [4.78, 5) is 4.58. The van der Waals surface area contributed by atoms with Crippen molar-refractivity contribution in [2.24, 2.45) is 5.92 Å². The molecule has 3 rings (SSSR count). The number of benzene rings is 1. The number of hydrogen-bond donors (Lipinski definition) is 0. The highest BCUT2D eigenvalue weighted by atomic mass is 19.3. The zero-order chi connectivity index (χ0) is 17.7. The molecule has 0 spiro atoms. The fourth-order valence-electron chi connectivity index (χ4n) is 3.83. The Morgan fingerprint density at radius 2 is 1.88 bits per heavy atom. The van der Waals surface area contributed by atoms with Gasteiger partial charge in [-0.2, -0.15) is 0 Å². The fraction of sp³-hybridized carbons (Fsp3) is 0.700. The average molecular weight is 352 g/mol. The van der Waals surface area contributed by atoms with Gasteiger partial charge in [0, 0.05) is 51.1 Å². The molecule has 1 aromatic rings. The second-order valence-electron chi connectivity index (χ2n) is 7.64. The highest BCUT2D eigenvalue weighted by molar-refractivity contribution is 5.33. The Hall–Kier alpha value is -1.20. The van der Waals surface area contributed by atoms with Crippen molar-refractivity contribution in [1.29, 1.82) is 0 Å². The number of rotatable bonds is 6. The smallest absolute Gasteiger partial charge is 0.250 e. The maximum absolute atomic E-state index is 13.3. The van der Waals surface area contributed by atoms with E-state index in [0.29, 0.717) is 26.2 Å². The number of likely N-dealkylation sites (tertiary alicyclic amines) is 2.